The number of hydrogen-bond acceptors (Lipinski definition) is 5. The molecule has 21 heavy (non-hydrogen) atoms. The third-order valence-electron chi connectivity index (χ3n) is 3.21. The first kappa shape index (κ1) is 13.4. The van der Waals surface area contributed by atoms with Crippen LogP contribution in [0.3, 0.4) is 0 Å². The van der Waals surface area contributed by atoms with E-state index < -0.39 is 12.0 Å². The molecule has 108 valence electrons. The minimum atomic E-state index is -4.50. The van der Waals surface area contributed by atoms with Gasteiger partial charge in [-0.1, -0.05) is 0 Å². The van der Waals surface area contributed by atoms with Crippen molar-refractivity contribution in [1.29, 1.82) is 5.26 Å². The Hall–Kier alpha value is -2.63. The summed E-state index contributed by atoms with van der Waals surface area (Å²) in [4.78, 5) is 5.92. The lowest BCUT2D eigenvalue weighted by molar-refractivity contribution is -0.147. The molecular weight excluding hydrogens is 285 g/mol. The molecule has 0 radical (unpaired) electrons. The van der Waals surface area contributed by atoms with E-state index in [1.165, 1.54) is 6.20 Å². The number of nitrogens with zero attached hydrogens (tertiary/aromatic N) is 6. The van der Waals surface area contributed by atoms with Crippen molar-refractivity contribution in [3.05, 3.63) is 35.5 Å². The monoisotopic (exact) mass is 294 g/mol. The van der Waals surface area contributed by atoms with Crippen LogP contribution < -0.4 is 4.90 Å². The molecule has 0 N–H and O–H groups in total. The van der Waals surface area contributed by atoms with E-state index in [0.29, 0.717) is 17.9 Å². The molecule has 2 aromatic rings. The van der Waals surface area contributed by atoms with Crippen LogP contribution in [0.15, 0.2) is 18.3 Å². The Labute approximate surface area is 117 Å². The van der Waals surface area contributed by atoms with Crippen molar-refractivity contribution in [2.45, 2.75) is 19.3 Å². The van der Waals surface area contributed by atoms with E-state index in [9.17, 15) is 13.2 Å². The second kappa shape index (κ2) is 4.73. The molecule has 0 atom stereocenters. The fourth-order valence-corrected chi connectivity index (χ4v) is 2.20. The van der Waals surface area contributed by atoms with Gasteiger partial charge in [0.1, 0.15) is 11.9 Å². The van der Waals surface area contributed by atoms with Gasteiger partial charge in [0.25, 0.3) is 0 Å². The Morgan fingerprint density at radius 2 is 2.00 bits per heavy atom. The van der Waals surface area contributed by atoms with Gasteiger partial charge in [0, 0.05) is 19.3 Å². The summed E-state index contributed by atoms with van der Waals surface area (Å²) >= 11 is 0. The number of hydrogen-bond donors (Lipinski definition) is 0. The first-order chi connectivity index (χ1) is 9.99. The quantitative estimate of drug-likeness (QED) is 0.798. The zero-order chi connectivity index (χ0) is 15.0. The molecule has 0 unspecified atom stereocenters. The molecule has 2 aromatic heterocycles. The van der Waals surface area contributed by atoms with E-state index >= 15 is 0 Å². The van der Waals surface area contributed by atoms with Gasteiger partial charge in [0.15, 0.2) is 5.82 Å². The Balaban J connectivity index is 1.85. The van der Waals surface area contributed by atoms with E-state index in [-0.39, 0.29) is 18.9 Å². The van der Waals surface area contributed by atoms with Crippen LogP contribution in [-0.4, -0.2) is 26.3 Å². The fourth-order valence-electron chi connectivity index (χ4n) is 2.20. The molecule has 0 bridgehead atoms. The van der Waals surface area contributed by atoms with Crippen LogP contribution in [0, 0.1) is 11.3 Å². The van der Waals surface area contributed by atoms with Crippen molar-refractivity contribution in [3.63, 3.8) is 0 Å². The second-order valence-corrected chi connectivity index (χ2v) is 4.53. The summed E-state index contributed by atoms with van der Waals surface area (Å²) in [6.07, 6.45) is -3.07. The SMILES string of the molecule is N#Cc1ccc(N2CCn3c(nnc3C(F)(F)F)C2)nc1. The van der Waals surface area contributed by atoms with Crippen LogP contribution >= 0.6 is 0 Å². The van der Waals surface area contributed by atoms with Crippen LogP contribution in [0.5, 0.6) is 0 Å². The van der Waals surface area contributed by atoms with Crippen molar-refractivity contribution in [2.24, 2.45) is 0 Å². The van der Waals surface area contributed by atoms with Crippen LogP contribution in [0.25, 0.3) is 0 Å². The number of halogens is 3. The number of alkyl halides is 3. The largest absolute Gasteiger partial charge is 0.451 e. The van der Waals surface area contributed by atoms with Crippen LogP contribution in [0.4, 0.5) is 19.0 Å². The molecular formula is C12H9F3N6. The van der Waals surface area contributed by atoms with Crippen molar-refractivity contribution in [3.8, 4) is 6.07 Å². The summed E-state index contributed by atoms with van der Waals surface area (Å²) in [5, 5.41) is 15.5. The van der Waals surface area contributed by atoms with Crippen molar-refractivity contribution in [2.75, 3.05) is 11.4 Å². The van der Waals surface area contributed by atoms with Crippen molar-refractivity contribution >= 4 is 5.82 Å². The zero-order valence-electron chi connectivity index (χ0n) is 10.7. The highest BCUT2D eigenvalue weighted by Crippen LogP contribution is 2.30. The minimum Gasteiger partial charge on any atom is -0.347 e. The number of rotatable bonds is 1. The molecule has 1 aliphatic heterocycles. The average Bonchev–Trinajstić information content (AvgIpc) is 2.90. The maximum atomic E-state index is 12.7. The van der Waals surface area contributed by atoms with Gasteiger partial charge in [-0.25, -0.2) is 4.98 Å². The molecule has 6 nitrogen and oxygen atoms in total. The molecule has 0 fully saturated rings. The highest BCUT2D eigenvalue weighted by atomic mass is 19.4. The topological polar surface area (TPSA) is 70.6 Å². The molecule has 0 aliphatic carbocycles. The van der Waals surface area contributed by atoms with Crippen molar-refractivity contribution in [1.82, 2.24) is 19.7 Å². The normalized spacial score (nSPS) is 14.7. The van der Waals surface area contributed by atoms with Gasteiger partial charge in [0.05, 0.1) is 12.1 Å². The number of nitriles is 1. The summed E-state index contributed by atoms with van der Waals surface area (Å²) in [6.45, 7) is 0.702. The highest BCUT2D eigenvalue weighted by molar-refractivity contribution is 5.42. The summed E-state index contributed by atoms with van der Waals surface area (Å²) < 4.78 is 39.3. The third kappa shape index (κ3) is 2.40. The lowest BCUT2D eigenvalue weighted by atomic mass is 10.3. The van der Waals surface area contributed by atoms with E-state index in [4.69, 9.17) is 5.26 Å². The smallest absolute Gasteiger partial charge is 0.347 e. The fraction of sp³-hybridized carbons (Fsp3) is 0.333. The lowest BCUT2D eigenvalue weighted by Gasteiger charge is -2.28. The van der Waals surface area contributed by atoms with Gasteiger partial charge in [-0.15, -0.1) is 10.2 Å². The number of pyridine rings is 1. The maximum absolute atomic E-state index is 12.7. The summed E-state index contributed by atoms with van der Waals surface area (Å²) in [5.74, 6) is -0.124. The molecule has 0 saturated heterocycles. The maximum Gasteiger partial charge on any atom is 0.451 e. The highest BCUT2D eigenvalue weighted by Gasteiger charge is 2.39. The Bertz CT molecular complexity index is 697. The van der Waals surface area contributed by atoms with Gasteiger partial charge in [-0.2, -0.15) is 18.4 Å². The minimum absolute atomic E-state index is 0.138. The summed E-state index contributed by atoms with van der Waals surface area (Å²) in [6, 6.07) is 5.24. The van der Waals surface area contributed by atoms with Crippen LogP contribution in [0.1, 0.15) is 17.2 Å². The Morgan fingerprint density at radius 1 is 1.19 bits per heavy atom. The molecule has 0 saturated carbocycles. The van der Waals surface area contributed by atoms with Gasteiger partial charge in [0.2, 0.25) is 5.82 Å². The summed E-state index contributed by atoms with van der Waals surface area (Å²) in [7, 11) is 0. The Kier molecular flexibility index (Phi) is 3.01. The van der Waals surface area contributed by atoms with Crippen molar-refractivity contribution < 1.29 is 13.2 Å². The lowest BCUT2D eigenvalue weighted by Crippen LogP contribution is -2.35. The van der Waals surface area contributed by atoms with Gasteiger partial charge in [-0.05, 0) is 12.1 Å². The third-order valence-corrected chi connectivity index (χ3v) is 3.21. The van der Waals surface area contributed by atoms with E-state index in [2.05, 4.69) is 15.2 Å². The predicted octanol–water partition coefficient (Wildman–Crippen LogP) is 1.58. The van der Waals surface area contributed by atoms with Gasteiger partial charge in [-0.3, -0.25) is 0 Å². The molecule has 1 aliphatic rings. The average molecular weight is 294 g/mol. The second-order valence-electron chi connectivity index (χ2n) is 4.53. The zero-order valence-corrected chi connectivity index (χ0v) is 10.7. The van der Waals surface area contributed by atoms with Gasteiger partial charge >= 0.3 is 6.18 Å². The molecule has 0 spiro atoms. The van der Waals surface area contributed by atoms with E-state index in [0.717, 1.165) is 4.57 Å². The van der Waals surface area contributed by atoms with Gasteiger partial charge < -0.3 is 9.47 Å². The van der Waals surface area contributed by atoms with E-state index in [1.807, 2.05) is 6.07 Å². The molecule has 0 aromatic carbocycles. The van der Waals surface area contributed by atoms with Crippen LogP contribution in [0.2, 0.25) is 0 Å². The Morgan fingerprint density at radius 3 is 2.62 bits per heavy atom. The van der Waals surface area contributed by atoms with Crippen LogP contribution in [-0.2, 0) is 19.3 Å². The van der Waals surface area contributed by atoms with E-state index in [1.54, 1.807) is 17.0 Å². The molecule has 0 amide bonds. The number of aromatic nitrogens is 4. The number of fused-ring (bicyclic) bond motifs is 1. The first-order valence-electron chi connectivity index (χ1n) is 6.09. The molecule has 3 heterocycles. The standard InChI is InChI=1S/C12H9F3N6/c13-12(14,15)11-19-18-10-7-20(3-4-21(10)11)9-2-1-8(5-16)6-17-9/h1-2,6H,3-4,7H2. The molecule has 9 heteroatoms. The number of anilines is 1. The predicted molar refractivity (Wildman–Crippen MR) is 65.0 cm³/mol. The molecule has 3 rings (SSSR count). The first-order valence-corrected chi connectivity index (χ1v) is 6.09. The summed E-state index contributed by atoms with van der Waals surface area (Å²) in [5.41, 5.74) is 0.429.